The average Bonchev–Trinajstić information content (AvgIpc) is 3.53. The summed E-state index contributed by atoms with van der Waals surface area (Å²) in [6.07, 6.45) is 1.24. The van der Waals surface area contributed by atoms with Crippen LogP contribution in [0.4, 0.5) is 27.0 Å². The first-order chi connectivity index (χ1) is 17.6. The number of aryl methyl sites for hydroxylation is 1. The van der Waals surface area contributed by atoms with Crippen molar-refractivity contribution in [2.24, 2.45) is 0 Å². The second-order valence-corrected chi connectivity index (χ2v) is 10.7. The van der Waals surface area contributed by atoms with Crippen molar-refractivity contribution < 1.29 is 9.59 Å². The summed E-state index contributed by atoms with van der Waals surface area (Å²) in [7, 11) is 0. The minimum absolute atomic E-state index is 0.0570. The summed E-state index contributed by atoms with van der Waals surface area (Å²) < 4.78 is 0. The molecule has 2 aliphatic rings. The summed E-state index contributed by atoms with van der Waals surface area (Å²) in [6.45, 7) is 2.65. The minimum Gasteiger partial charge on any atom is -0.311 e. The monoisotopic (exact) mass is 513 g/mol. The van der Waals surface area contributed by atoms with E-state index in [0.717, 1.165) is 43.8 Å². The van der Waals surface area contributed by atoms with Crippen LogP contribution in [0, 0.1) is 0 Å². The number of benzene rings is 3. The Morgan fingerprint density at radius 2 is 1.58 bits per heavy atom. The molecule has 9 heteroatoms. The number of urea groups is 1. The molecule has 0 aliphatic carbocycles. The first-order valence-corrected chi connectivity index (χ1v) is 13.4. The van der Waals surface area contributed by atoms with Crippen molar-refractivity contribution in [3.05, 3.63) is 83.4 Å². The smallest absolute Gasteiger partial charge is 0.311 e. The molecule has 1 aromatic heterocycles. The Hall–Kier alpha value is -3.69. The van der Waals surface area contributed by atoms with Gasteiger partial charge in [-0.1, -0.05) is 72.5 Å². The number of aromatic nitrogens is 2. The molecular formula is C27H23N5O2S2. The van der Waals surface area contributed by atoms with Gasteiger partial charge in [0.25, 0.3) is 0 Å². The van der Waals surface area contributed by atoms with Gasteiger partial charge in [0.1, 0.15) is 5.01 Å². The van der Waals surface area contributed by atoms with Gasteiger partial charge in [0.2, 0.25) is 11.0 Å². The van der Waals surface area contributed by atoms with E-state index in [1.54, 1.807) is 16.7 Å². The van der Waals surface area contributed by atoms with Crippen molar-refractivity contribution in [1.82, 2.24) is 10.2 Å². The second kappa shape index (κ2) is 9.40. The largest absolute Gasteiger partial charge is 0.332 e. The zero-order chi connectivity index (χ0) is 24.6. The van der Waals surface area contributed by atoms with E-state index in [1.807, 2.05) is 71.6 Å². The Morgan fingerprint density at radius 3 is 2.28 bits per heavy atom. The Bertz CT molecular complexity index is 1420. The SMILES string of the molecule is CCc1ccccc1N1CC(c2nnc(NC(=O)N3c4ccccc4Sc4ccccc43)s2)CC1=O. The van der Waals surface area contributed by atoms with Crippen LogP contribution >= 0.6 is 23.1 Å². The van der Waals surface area contributed by atoms with Crippen LogP contribution in [0.3, 0.4) is 0 Å². The zero-order valence-electron chi connectivity index (χ0n) is 19.5. The van der Waals surface area contributed by atoms with Gasteiger partial charge >= 0.3 is 6.03 Å². The molecule has 180 valence electrons. The van der Waals surface area contributed by atoms with E-state index in [9.17, 15) is 9.59 Å². The number of rotatable bonds is 4. The van der Waals surface area contributed by atoms with Crippen LogP contribution in [-0.4, -0.2) is 28.7 Å². The zero-order valence-corrected chi connectivity index (χ0v) is 21.2. The predicted molar refractivity (Wildman–Crippen MR) is 144 cm³/mol. The quantitative estimate of drug-likeness (QED) is 0.339. The molecule has 4 aromatic rings. The van der Waals surface area contributed by atoms with Gasteiger partial charge in [-0.25, -0.2) is 4.79 Å². The van der Waals surface area contributed by atoms with Crippen LogP contribution < -0.4 is 15.1 Å². The lowest BCUT2D eigenvalue weighted by Gasteiger charge is -2.30. The molecule has 36 heavy (non-hydrogen) atoms. The van der Waals surface area contributed by atoms with E-state index in [4.69, 9.17) is 0 Å². The molecule has 0 bridgehead atoms. The number of amides is 3. The third-order valence-corrected chi connectivity index (χ3v) is 8.56. The summed E-state index contributed by atoms with van der Waals surface area (Å²) in [4.78, 5) is 31.9. The molecular weight excluding hydrogens is 490 g/mol. The van der Waals surface area contributed by atoms with Crippen molar-refractivity contribution >= 4 is 57.2 Å². The molecule has 0 spiro atoms. The van der Waals surface area contributed by atoms with Gasteiger partial charge in [-0.05, 0) is 42.3 Å². The van der Waals surface area contributed by atoms with Gasteiger partial charge in [0.15, 0.2) is 0 Å². The summed E-state index contributed by atoms with van der Waals surface area (Å²) in [5.41, 5.74) is 3.77. The fourth-order valence-electron chi connectivity index (χ4n) is 4.70. The molecule has 1 unspecified atom stereocenters. The van der Waals surface area contributed by atoms with Gasteiger partial charge in [-0.2, -0.15) is 0 Å². The third-order valence-electron chi connectivity index (χ3n) is 6.43. The fraction of sp³-hybridized carbons (Fsp3) is 0.185. The standard InChI is InChI=1S/C27H23N5O2S2/c1-2-17-9-3-4-10-19(17)31-16-18(15-24(31)33)25-29-30-26(36-25)28-27(34)32-20-11-5-7-13-22(20)35-23-14-8-6-12-21(23)32/h3-14,18H,2,15-16H2,1H3,(H,28,30,34). The lowest BCUT2D eigenvalue weighted by molar-refractivity contribution is -0.117. The van der Waals surface area contributed by atoms with Gasteiger partial charge in [0, 0.05) is 34.4 Å². The van der Waals surface area contributed by atoms with Crippen molar-refractivity contribution in [3.8, 4) is 0 Å². The van der Waals surface area contributed by atoms with Crippen LogP contribution in [0.5, 0.6) is 0 Å². The first-order valence-electron chi connectivity index (χ1n) is 11.8. The average molecular weight is 514 g/mol. The molecule has 1 N–H and O–H groups in total. The maximum Gasteiger partial charge on any atom is 0.332 e. The number of carbonyl (C=O) groups excluding carboxylic acids is 2. The van der Waals surface area contributed by atoms with Crippen LogP contribution in [0.2, 0.25) is 0 Å². The highest BCUT2D eigenvalue weighted by molar-refractivity contribution is 7.99. The van der Waals surface area contributed by atoms with Crippen molar-refractivity contribution in [2.75, 3.05) is 21.7 Å². The van der Waals surface area contributed by atoms with E-state index >= 15 is 0 Å². The van der Waals surface area contributed by atoms with Crippen LogP contribution in [0.15, 0.2) is 82.6 Å². The van der Waals surface area contributed by atoms with E-state index < -0.39 is 0 Å². The summed E-state index contributed by atoms with van der Waals surface area (Å²) in [5, 5.41) is 12.7. The van der Waals surface area contributed by atoms with Crippen molar-refractivity contribution in [1.29, 1.82) is 0 Å². The molecule has 3 aromatic carbocycles. The lowest BCUT2D eigenvalue weighted by Crippen LogP contribution is -2.32. The minimum atomic E-state index is -0.293. The van der Waals surface area contributed by atoms with Crippen LogP contribution in [0.25, 0.3) is 0 Å². The second-order valence-electron chi connectivity index (χ2n) is 8.64. The maximum absolute atomic E-state index is 13.5. The molecule has 7 nitrogen and oxygen atoms in total. The van der Waals surface area contributed by atoms with E-state index in [0.29, 0.717) is 18.1 Å². The lowest BCUT2D eigenvalue weighted by atomic mass is 10.1. The van der Waals surface area contributed by atoms with E-state index in [1.165, 1.54) is 11.3 Å². The normalized spacial score (nSPS) is 16.6. The van der Waals surface area contributed by atoms with E-state index in [2.05, 4.69) is 28.5 Å². The van der Waals surface area contributed by atoms with Gasteiger partial charge in [-0.15, -0.1) is 10.2 Å². The number of fused-ring (bicyclic) bond motifs is 2. The maximum atomic E-state index is 13.5. The molecule has 1 saturated heterocycles. The van der Waals surface area contributed by atoms with Gasteiger partial charge in [0.05, 0.1) is 11.4 Å². The number of nitrogens with zero attached hydrogens (tertiary/aromatic N) is 4. The Kier molecular flexibility index (Phi) is 5.94. The third kappa shape index (κ3) is 4.04. The number of anilines is 4. The van der Waals surface area contributed by atoms with Crippen molar-refractivity contribution in [3.63, 3.8) is 0 Å². The van der Waals surface area contributed by atoms with E-state index in [-0.39, 0.29) is 17.9 Å². The number of hydrogen-bond acceptors (Lipinski definition) is 6. The highest BCUT2D eigenvalue weighted by atomic mass is 32.2. The summed E-state index contributed by atoms with van der Waals surface area (Å²) in [6, 6.07) is 23.4. The molecule has 2 aliphatic heterocycles. The molecule has 3 heterocycles. The van der Waals surface area contributed by atoms with Gasteiger partial charge < -0.3 is 4.90 Å². The fourth-order valence-corrected chi connectivity index (χ4v) is 6.58. The molecule has 1 atom stereocenters. The van der Waals surface area contributed by atoms with Gasteiger partial charge in [-0.3, -0.25) is 15.0 Å². The molecule has 0 saturated carbocycles. The molecule has 1 fully saturated rings. The van der Waals surface area contributed by atoms with Crippen LogP contribution in [-0.2, 0) is 11.2 Å². The van der Waals surface area contributed by atoms with Crippen molar-refractivity contribution in [2.45, 2.75) is 35.5 Å². The first kappa shape index (κ1) is 22.8. The number of nitrogens with one attached hydrogen (secondary N) is 1. The Balaban J connectivity index is 1.22. The highest BCUT2D eigenvalue weighted by Crippen LogP contribution is 2.48. The number of para-hydroxylation sites is 3. The number of hydrogen-bond donors (Lipinski definition) is 1. The van der Waals surface area contributed by atoms with Crippen LogP contribution in [0.1, 0.15) is 29.8 Å². The molecule has 6 rings (SSSR count). The summed E-state index contributed by atoms with van der Waals surface area (Å²) in [5.74, 6) is 0.0270. The molecule has 0 radical (unpaired) electrons. The molecule has 3 amide bonds. The Labute approximate surface area is 217 Å². The topological polar surface area (TPSA) is 78.4 Å². The highest BCUT2D eigenvalue weighted by Gasteiger charge is 2.35. The summed E-state index contributed by atoms with van der Waals surface area (Å²) >= 11 is 2.98. The Morgan fingerprint density at radius 1 is 0.944 bits per heavy atom. The predicted octanol–water partition coefficient (Wildman–Crippen LogP) is 6.46. The number of carbonyl (C=O) groups is 2.